The molecule has 2 aliphatic heterocycles. The van der Waals surface area contributed by atoms with Gasteiger partial charge in [-0.25, -0.2) is 0 Å². The van der Waals surface area contributed by atoms with Gasteiger partial charge in [-0.2, -0.15) is 0 Å². The molecule has 0 saturated heterocycles. The average Bonchev–Trinajstić information content (AvgIpc) is 2.98. The van der Waals surface area contributed by atoms with Crippen LogP contribution in [0.15, 0.2) is 36.4 Å². The Morgan fingerprint density at radius 1 is 0.275 bits per heavy atom. The van der Waals surface area contributed by atoms with E-state index in [9.17, 15) is 0 Å². The van der Waals surface area contributed by atoms with Crippen LogP contribution in [-0.2, 0) is 0 Å². The van der Waals surface area contributed by atoms with Gasteiger partial charge in [0.25, 0.3) is 0 Å². The molecule has 0 aromatic heterocycles. The summed E-state index contributed by atoms with van der Waals surface area (Å²) >= 11 is 0. The van der Waals surface area contributed by atoms with Crippen molar-refractivity contribution in [3.05, 3.63) is 36.4 Å². The molecule has 2 aliphatic rings. The summed E-state index contributed by atoms with van der Waals surface area (Å²) in [5.41, 5.74) is 2.98. The van der Waals surface area contributed by atoms with Crippen LogP contribution in [0.1, 0.15) is 154 Å². The van der Waals surface area contributed by atoms with Crippen molar-refractivity contribution in [2.24, 2.45) is 0 Å². The third-order valence-electron chi connectivity index (χ3n) is 9.77. The van der Waals surface area contributed by atoms with E-state index in [1.807, 2.05) is 0 Å². The summed E-state index contributed by atoms with van der Waals surface area (Å²) < 4.78 is 0. The molecule has 0 spiro atoms. The average molecular weight is 547 g/mol. The van der Waals surface area contributed by atoms with Crippen molar-refractivity contribution in [3.8, 4) is 0 Å². The molecule has 2 nitrogen and oxygen atoms in total. The maximum absolute atomic E-state index is 2.77. The van der Waals surface area contributed by atoms with E-state index in [1.54, 1.807) is 0 Å². The Morgan fingerprint density at radius 3 is 0.750 bits per heavy atom. The zero-order valence-corrected chi connectivity index (χ0v) is 26.2. The molecule has 4 rings (SSSR count). The smallest absolute Gasteiger partial charge is 0.0447 e. The first-order valence-electron chi connectivity index (χ1n) is 18.0. The van der Waals surface area contributed by atoms with Gasteiger partial charge in [0, 0.05) is 48.3 Å². The van der Waals surface area contributed by atoms with E-state index in [4.69, 9.17) is 0 Å². The van der Waals surface area contributed by atoms with Gasteiger partial charge in [0.2, 0.25) is 0 Å². The van der Waals surface area contributed by atoms with Crippen LogP contribution in [0.5, 0.6) is 0 Å². The zero-order chi connectivity index (χ0) is 27.5. The van der Waals surface area contributed by atoms with Gasteiger partial charge in [0.15, 0.2) is 0 Å². The van der Waals surface area contributed by atoms with E-state index in [-0.39, 0.29) is 0 Å². The summed E-state index contributed by atoms with van der Waals surface area (Å²) in [7, 11) is 0. The lowest BCUT2D eigenvalue weighted by molar-refractivity contribution is 0.526. The van der Waals surface area contributed by atoms with E-state index in [0.29, 0.717) is 0 Å². The molecule has 2 aromatic rings. The summed E-state index contributed by atoms with van der Waals surface area (Å²) in [5.74, 6) is 0. The van der Waals surface area contributed by atoms with Gasteiger partial charge < -0.3 is 9.80 Å². The lowest BCUT2D eigenvalue weighted by Crippen LogP contribution is -2.28. The topological polar surface area (TPSA) is 6.48 Å². The van der Waals surface area contributed by atoms with Crippen LogP contribution in [0.3, 0.4) is 0 Å². The number of hydrogen-bond donors (Lipinski definition) is 0. The summed E-state index contributed by atoms with van der Waals surface area (Å²) in [6.45, 7) is 4.86. The Morgan fingerprint density at radius 2 is 0.500 bits per heavy atom. The first-order chi connectivity index (χ1) is 19.9. The fourth-order valence-electron chi connectivity index (χ4n) is 7.27. The fourth-order valence-corrected chi connectivity index (χ4v) is 7.27. The lowest BCUT2D eigenvalue weighted by Gasteiger charge is -2.30. The van der Waals surface area contributed by atoms with E-state index < -0.39 is 0 Å². The van der Waals surface area contributed by atoms with Gasteiger partial charge >= 0.3 is 0 Å². The molecule has 0 aliphatic carbocycles. The summed E-state index contributed by atoms with van der Waals surface area (Å²) in [4.78, 5) is 5.54. The molecule has 40 heavy (non-hydrogen) atoms. The van der Waals surface area contributed by atoms with Crippen molar-refractivity contribution >= 4 is 22.1 Å². The number of anilines is 2. The minimum absolute atomic E-state index is 1.22. The third-order valence-corrected chi connectivity index (χ3v) is 9.77. The van der Waals surface area contributed by atoms with Gasteiger partial charge in [-0.05, 0) is 37.8 Å². The van der Waals surface area contributed by atoms with Crippen LogP contribution < -0.4 is 9.80 Å². The molecule has 0 atom stereocenters. The highest BCUT2D eigenvalue weighted by molar-refractivity contribution is 6.02. The molecule has 0 saturated carbocycles. The van der Waals surface area contributed by atoms with Crippen molar-refractivity contribution in [3.63, 3.8) is 0 Å². The Hall–Kier alpha value is -1.70. The quantitative estimate of drug-likeness (QED) is 0.324. The van der Waals surface area contributed by atoms with E-state index in [0.717, 1.165) is 0 Å². The van der Waals surface area contributed by atoms with Crippen LogP contribution >= 0.6 is 0 Å². The predicted octanol–water partition coefficient (Wildman–Crippen LogP) is 11.8. The Bertz CT molecular complexity index is 814. The molecule has 2 aromatic carbocycles. The maximum Gasteiger partial charge on any atom is 0.0447 e. The Kier molecular flexibility index (Phi) is 15.2. The number of nitrogens with zero attached hydrogens (tertiary/aromatic N) is 2. The third kappa shape index (κ3) is 10.9. The van der Waals surface area contributed by atoms with E-state index >= 15 is 0 Å². The van der Waals surface area contributed by atoms with Crippen LogP contribution in [0.4, 0.5) is 11.4 Å². The lowest BCUT2D eigenvalue weighted by atomic mass is 10.0. The molecule has 0 radical (unpaired) electrons. The largest absolute Gasteiger partial charge is 0.371 e. The molecular weight excluding hydrogens is 484 g/mol. The summed E-state index contributed by atoms with van der Waals surface area (Å²) in [6, 6.07) is 14.4. The molecule has 0 amide bonds. The predicted molar refractivity (Wildman–Crippen MR) is 179 cm³/mol. The maximum atomic E-state index is 2.77. The summed E-state index contributed by atoms with van der Waals surface area (Å²) in [5, 5.41) is 2.96. The standard InChI is InChI=1S/C38H62N2/c1-2-6-10-14-18-24-32-40-34-26-20-16-12-8-4-3-7-11-15-19-25-33-39(31-23-17-13-9-5-1)37-29-30-38(40)36-28-22-21-27-35(36)37/h21-22,27-30H,1-20,23-26,31-34H2. The normalized spacial score (nSPS) is 21.6. The minimum atomic E-state index is 1.22. The van der Waals surface area contributed by atoms with Gasteiger partial charge in [-0.15, -0.1) is 0 Å². The van der Waals surface area contributed by atoms with Crippen LogP contribution in [0, 0.1) is 0 Å². The molecule has 2 heteroatoms. The second kappa shape index (κ2) is 19.4. The zero-order valence-electron chi connectivity index (χ0n) is 26.2. The summed E-state index contributed by atoms with van der Waals surface area (Å²) in [6.07, 6.45) is 33.9. The van der Waals surface area contributed by atoms with Gasteiger partial charge in [0.05, 0.1) is 0 Å². The number of hydrogen-bond acceptors (Lipinski definition) is 2. The van der Waals surface area contributed by atoms with Crippen molar-refractivity contribution in [2.75, 3.05) is 36.0 Å². The van der Waals surface area contributed by atoms with Crippen LogP contribution in [0.2, 0.25) is 0 Å². The van der Waals surface area contributed by atoms with Gasteiger partial charge in [-0.3, -0.25) is 0 Å². The highest BCUT2D eigenvalue weighted by atomic mass is 15.1. The Labute approximate surface area is 248 Å². The molecule has 0 fully saturated rings. The van der Waals surface area contributed by atoms with Crippen molar-refractivity contribution < 1.29 is 0 Å². The first-order valence-corrected chi connectivity index (χ1v) is 18.0. The molecule has 4 bridgehead atoms. The number of benzene rings is 2. The molecule has 2 heterocycles. The fraction of sp³-hybridized carbons (Fsp3) is 0.737. The number of fused-ring (bicyclic) bond motifs is 1. The van der Waals surface area contributed by atoms with Crippen LogP contribution in [0.25, 0.3) is 10.8 Å². The van der Waals surface area contributed by atoms with E-state index in [1.165, 1.54) is 202 Å². The molecular formula is C38H62N2. The second-order valence-corrected chi connectivity index (χ2v) is 13.1. The monoisotopic (exact) mass is 546 g/mol. The molecule has 0 N–H and O–H groups in total. The first kappa shape index (κ1) is 31.2. The van der Waals surface area contributed by atoms with E-state index in [2.05, 4.69) is 46.2 Å². The highest BCUT2D eigenvalue weighted by Gasteiger charge is 2.16. The molecule has 0 unspecified atom stereocenters. The SMILES string of the molecule is c1ccc2c3ccc(c2c1)N1CCCCCCCCCCCCCCN3CCCCCCCCCCCCCC1. The van der Waals surface area contributed by atoms with Crippen molar-refractivity contribution in [1.29, 1.82) is 0 Å². The number of rotatable bonds is 0. The highest BCUT2D eigenvalue weighted by Crippen LogP contribution is 2.35. The van der Waals surface area contributed by atoms with Crippen molar-refractivity contribution in [1.82, 2.24) is 0 Å². The molecule has 224 valence electrons. The van der Waals surface area contributed by atoms with Gasteiger partial charge in [0.1, 0.15) is 0 Å². The minimum Gasteiger partial charge on any atom is -0.371 e. The van der Waals surface area contributed by atoms with Crippen molar-refractivity contribution in [2.45, 2.75) is 154 Å². The Balaban J connectivity index is 1.58. The second-order valence-electron chi connectivity index (χ2n) is 13.1. The van der Waals surface area contributed by atoms with Gasteiger partial charge in [-0.1, -0.05) is 153 Å². The van der Waals surface area contributed by atoms with Crippen LogP contribution in [-0.4, -0.2) is 26.2 Å².